The monoisotopic (exact) mass is 345 g/mol. The standard InChI is InChI=1S/C19H23NO3S/c1-23-19-10-6-5-9-18(19)15-13-16(14-15)20-11-12-24(21,22)17-7-3-2-4-8-17/h2-10,15-16,20H,11-14H2,1H3. The summed E-state index contributed by atoms with van der Waals surface area (Å²) in [6.07, 6.45) is 2.04. The second kappa shape index (κ2) is 7.36. The highest BCUT2D eigenvalue weighted by Crippen LogP contribution is 2.40. The minimum absolute atomic E-state index is 0.132. The third-order valence-electron chi connectivity index (χ3n) is 4.62. The first-order valence-corrected chi connectivity index (χ1v) is 9.89. The Kier molecular flexibility index (Phi) is 5.21. The summed E-state index contributed by atoms with van der Waals surface area (Å²) in [7, 11) is -1.50. The first-order chi connectivity index (χ1) is 11.6. The van der Waals surface area contributed by atoms with Gasteiger partial charge in [0.1, 0.15) is 5.75 Å². The third kappa shape index (κ3) is 3.79. The van der Waals surface area contributed by atoms with Crippen LogP contribution in [0.5, 0.6) is 5.75 Å². The lowest BCUT2D eigenvalue weighted by Gasteiger charge is -2.37. The van der Waals surface area contributed by atoms with Crippen LogP contribution in [0.1, 0.15) is 24.3 Å². The number of ether oxygens (including phenoxy) is 1. The number of sulfone groups is 1. The van der Waals surface area contributed by atoms with E-state index in [4.69, 9.17) is 4.74 Å². The number of para-hydroxylation sites is 1. The topological polar surface area (TPSA) is 55.4 Å². The normalized spacial score (nSPS) is 20.4. The van der Waals surface area contributed by atoms with Gasteiger partial charge < -0.3 is 10.1 Å². The van der Waals surface area contributed by atoms with Gasteiger partial charge in [0, 0.05) is 12.6 Å². The number of rotatable bonds is 7. The smallest absolute Gasteiger partial charge is 0.179 e. The number of nitrogens with one attached hydrogen (secondary N) is 1. The van der Waals surface area contributed by atoms with Crippen LogP contribution < -0.4 is 10.1 Å². The zero-order valence-corrected chi connectivity index (χ0v) is 14.6. The quantitative estimate of drug-likeness (QED) is 0.838. The molecule has 0 atom stereocenters. The molecule has 3 rings (SSSR count). The molecule has 0 bridgehead atoms. The van der Waals surface area contributed by atoms with Gasteiger partial charge in [0.25, 0.3) is 0 Å². The number of benzene rings is 2. The molecule has 0 spiro atoms. The highest BCUT2D eigenvalue weighted by atomic mass is 32.2. The molecule has 2 aromatic rings. The number of hydrogen-bond donors (Lipinski definition) is 1. The highest BCUT2D eigenvalue weighted by molar-refractivity contribution is 7.91. The molecule has 5 heteroatoms. The zero-order chi connectivity index (χ0) is 17.0. The Morgan fingerprint density at radius 1 is 1.04 bits per heavy atom. The van der Waals surface area contributed by atoms with Gasteiger partial charge in [-0.05, 0) is 42.5 Å². The molecule has 2 aromatic carbocycles. The Balaban J connectivity index is 1.47. The molecule has 1 fully saturated rings. The Morgan fingerprint density at radius 3 is 2.42 bits per heavy atom. The second-order valence-electron chi connectivity index (χ2n) is 6.19. The molecule has 0 heterocycles. The van der Waals surface area contributed by atoms with E-state index in [2.05, 4.69) is 11.4 Å². The van der Waals surface area contributed by atoms with Crippen LogP contribution in [0.25, 0.3) is 0 Å². The van der Waals surface area contributed by atoms with E-state index >= 15 is 0 Å². The number of methoxy groups -OCH3 is 1. The average molecular weight is 345 g/mol. The molecule has 0 saturated heterocycles. The third-order valence-corrected chi connectivity index (χ3v) is 6.35. The first-order valence-electron chi connectivity index (χ1n) is 8.24. The average Bonchev–Trinajstić information content (AvgIpc) is 2.58. The van der Waals surface area contributed by atoms with E-state index in [0.717, 1.165) is 18.6 Å². The van der Waals surface area contributed by atoms with Crippen molar-refractivity contribution >= 4 is 9.84 Å². The fraction of sp³-hybridized carbons (Fsp3) is 0.368. The fourth-order valence-electron chi connectivity index (χ4n) is 3.19. The molecular formula is C19H23NO3S. The molecule has 0 radical (unpaired) electrons. The molecule has 0 aliphatic heterocycles. The Labute approximate surface area is 143 Å². The molecule has 1 aliphatic rings. The second-order valence-corrected chi connectivity index (χ2v) is 8.30. The van der Waals surface area contributed by atoms with Gasteiger partial charge in [-0.3, -0.25) is 0 Å². The van der Waals surface area contributed by atoms with E-state index < -0.39 is 9.84 Å². The minimum Gasteiger partial charge on any atom is -0.496 e. The largest absolute Gasteiger partial charge is 0.496 e. The molecule has 128 valence electrons. The van der Waals surface area contributed by atoms with E-state index in [0.29, 0.717) is 23.4 Å². The van der Waals surface area contributed by atoms with Crippen LogP contribution in [0, 0.1) is 0 Å². The summed E-state index contributed by atoms with van der Waals surface area (Å²) in [5.41, 5.74) is 1.25. The molecule has 4 nitrogen and oxygen atoms in total. The summed E-state index contributed by atoms with van der Waals surface area (Å²) in [4.78, 5) is 0.396. The van der Waals surface area contributed by atoms with Crippen molar-refractivity contribution in [2.45, 2.75) is 29.7 Å². The lowest BCUT2D eigenvalue weighted by molar-refractivity contribution is 0.288. The van der Waals surface area contributed by atoms with Crippen molar-refractivity contribution in [1.29, 1.82) is 0 Å². The Morgan fingerprint density at radius 2 is 1.71 bits per heavy atom. The van der Waals surface area contributed by atoms with Gasteiger partial charge in [-0.2, -0.15) is 0 Å². The van der Waals surface area contributed by atoms with Gasteiger partial charge in [0.15, 0.2) is 9.84 Å². The molecule has 0 aromatic heterocycles. The van der Waals surface area contributed by atoms with Crippen LogP contribution in [0.15, 0.2) is 59.5 Å². The van der Waals surface area contributed by atoms with Crippen LogP contribution >= 0.6 is 0 Å². The minimum atomic E-state index is -3.20. The van der Waals surface area contributed by atoms with Crippen molar-refractivity contribution in [2.75, 3.05) is 19.4 Å². The summed E-state index contributed by atoms with van der Waals surface area (Å²) >= 11 is 0. The molecule has 1 saturated carbocycles. The van der Waals surface area contributed by atoms with Gasteiger partial charge in [0.05, 0.1) is 17.8 Å². The van der Waals surface area contributed by atoms with E-state index in [1.807, 2.05) is 24.3 Å². The molecule has 0 unspecified atom stereocenters. The summed E-state index contributed by atoms with van der Waals surface area (Å²) < 4.78 is 29.9. The maximum absolute atomic E-state index is 12.2. The predicted octanol–water partition coefficient (Wildman–Crippen LogP) is 3.00. The van der Waals surface area contributed by atoms with Crippen molar-refractivity contribution in [3.8, 4) is 5.75 Å². The maximum Gasteiger partial charge on any atom is 0.179 e. The predicted molar refractivity (Wildman–Crippen MR) is 95.3 cm³/mol. The van der Waals surface area contributed by atoms with E-state index in [9.17, 15) is 8.42 Å². The summed E-state index contributed by atoms with van der Waals surface area (Å²) in [6, 6.07) is 17.1. The lowest BCUT2D eigenvalue weighted by atomic mass is 9.75. The van der Waals surface area contributed by atoms with Gasteiger partial charge in [0.2, 0.25) is 0 Å². The Hall–Kier alpha value is -1.85. The zero-order valence-electron chi connectivity index (χ0n) is 13.8. The van der Waals surface area contributed by atoms with E-state index in [1.165, 1.54) is 5.56 Å². The fourth-order valence-corrected chi connectivity index (χ4v) is 4.38. The van der Waals surface area contributed by atoms with Gasteiger partial charge in [-0.25, -0.2) is 8.42 Å². The van der Waals surface area contributed by atoms with Crippen LogP contribution in [0.2, 0.25) is 0 Å². The van der Waals surface area contributed by atoms with Crippen molar-refractivity contribution in [3.05, 3.63) is 60.2 Å². The van der Waals surface area contributed by atoms with Gasteiger partial charge in [-0.15, -0.1) is 0 Å². The summed E-state index contributed by atoms with van der Waals surface area (Å²) in [5.74, 6) is 1.56. The van der Waals surface area contributed by atoms with Crippen molar-refractivity contribution in [1.82, 2.24) is 5.32 Å². The maximum atomic E-state index is 12.2. The SMILES string of the molecule is COc1ccccc1C1CC(NCCS(=O)(=O)c2ccccc2)C1. The van der Waals surface area contributed by atoms with Crippen molar-refractivity contribution in [2.24, 2.45) is 0 Å². The molecule has 0 amide bonds. The van der Waals surface area contributed by atoms with E-state index in [-0.39, 0.29) is 5.75 Å². The molecule has 24 heavy (non-hydrogen) atoms. The first kappa shape index (κ1) is 17.0. The molecule has 1 aliphatic carbocycles. The summed E-state index contributed by atoms with van der Waals surface area (Å²) in [6.45, 7) is 0.487. The van der Waals surface area contributed by atoms with E-state index in [1.54, 1.807) is 31.4 Å². The molecule has 1 N–H and O–H groups in total. The molecular weight excluding hydrogens is 322 g/mol. The van der Waals surface area contributed by atoms with Crippen LogP contribution in [-0.2, 0) is 9.84 Å². The Bertz CT molecular complexity index is 768. The summed E-state index contributed by atoms with van der Waals surface area (Å²) in [5, 5.41) is 3.36. The van der Waals surface area contributed by atoms with Crippen LogP contribution in [0.3, 0.4) is 0 Å². The van der Waals surface area contributed by atoms with Crippen molar-refractivity contribution < 1.29 is 13.2 Å². The number of hydrogen-bond acceptors (Lipinski definition) is 4. The van der Waals surface area contributed by atoms with Crippen LogP contribution in [0.4, 0.5) is 0 Å². The van der Waals surface area contributed by atoms with Crippen molar-refractivity contribution in [3.63, 3.8) is 0 Å². The van der Waals surface area contributed by atoms with Gasteiger partial charge >= 0.3 is 0 Å². The highest BCUT2D eigenvalue weighted by Gasteiger charge is 2.31. The van der Waals surface area contributed by atoms with Crippen LogP contribution in [-0.4, -0.2) is 33.9 Å². The lowest BCUT2D eigenvalue weighted by Crippen LogP contribution is -2.42. The van der Waals surface area contributed by atoms with Gasteiger partial charge in [-0.1, -0.05) is 36.4 Å².